The molecule has 82 valence electrons. The molecule has 0 aliphatic heterocycles. The van der Waals surface area contributed by atoms with Gasteiger partial charge in [-0.15, -0.1) is 0 Å². The number of nitrogens with one attached hydrogen (secondary N) is 1. The van der Waals surface area contributed by atoms with E-state index in [4.69, 9.17) is 11.6 Å². The molecule has 0 unspecified atom stereocenters. The molecule has 0 spiro atoms. The summed E-state index contributed by atoms with van der Waals surface area (Å²) < 4.78 is 0.775. The Hall–Kier alpha value is -1.13. The van der Waals surface area contributed by atoms with Gasteiger partial charge < -0.3 is 5.32 Å². The zero-order chi connectivity index (χ0) is 11.5. The molecule has 0 saturated heterocycles. The van der Waals surface area contributed by atoms with Crippen molar-refractivity contribution in [2.75, 3.05) is 5.32 Å². The lowest BCUT2D eigenvalue weighted by molar-refractivity contribution is 1.15. The summed E-state index contributed by atoms with van der Waals surface area (Å²) in [5.41, 5.74) is 2.17. The van der Waals surface area contributed by atoms with Crippen LogP contribution in [0.2, 0.25) is 5.28 Å². The Bertz CT molecular complexity index is 499. The van der Waals surface area contributed by atoms with Crippen molar-refractivity contribution in [3.63, 3.8) is 0 Å². The smallest absolute Gasteiger partial charge is 0.224 e. The van der Waals surface area contributed by atoms with Crippen molar-refractivity contribution in [3.05, 3.63) is 45.8 Å². The van der Waals surface area contributed by atoms with Crippen LogP contribution in [0.25, 0.3) is 0 Å². The quantitative estimate of drug-likeness (QED) is 0.853. The molecule has 1 heterocycles. The van der Waals surface area contributed by atoms with Gasteiger partial charge in [-0.05, 0) is 46.6 Å². The highest BCUT2D eigenvalue weighted by atomic mass is 79.9. The summed E-state index contributed by atoms with van der Waals surface area (Å²) in [6, 6.07) is 8.02. The van der Waals surface area contributed by atoms with Crippen LogP contribution in [-0.2, 0) is 0 Å². The highest BCUT2D eigenvalue weighted by molar-refractivity contribution is 9.10. The van der Waals surface area contributed by atoms with Gasteiger partial charge in [0.15, 0.2) is 0 Å². The number of rotatable bonds is 2. The number of aromatic nitrogens is 2. The van der Waals surface area contributed by atoms with E-state index in [0.29, 0.717) is 5.82 Å². The minimum atomic E-state index is 0.220. The Morgan fingerprint density at radius 3 is 2.62 bits per heavy atom. The fourth-order valence-electron chi connectivity index (χ4n) is 1.21. The molecular formula is C11H9BrClN3. The number of benzene rings is 1. The summed E-state index contributed by atoms with van der Waals surface area (Å²) in [6.45, 7) is 2.04. The second-order valence-electron chi connectivity index (χ2n) is 3.33. The van der Waals surface area contributed by atoms with Gasteiger partial charge in [-0.1, -0.05) is 17.7 Å². The highest BCUT2D eigenvalue weighted by Crippen LogP contribution is 2.24. The van der Waals surface area contributed by atoms with Crippen LogP contribution >= 0.6 is 27.5 Å². The molecule has 16 heavy (non-hydrogen) atoms. The Kier molecular flexibility index (Phi) is 3.41. The van der Waals surface area contributed by atoms with Gasteiger partial charge in [0, 0.05) is 11.9 Å². The van der Waals surface area contributed by atoms with E-state index in [1.165, 1.54) is 5.56 Å². The van der Waals surface area contributed by atoms with Crippen molar-refractivity contribution >= 4 is 39.0 Å². The molecule has 1 N–H and O–H groups in total. The first-order valence-electron chi connectivity index (χ1n) is 4.67. The van der Waals surface area contributed by atoms with E-state index < -0.39 is 0 Å². The van der Waals surface area contributed by atoms with E-state index in [0.717, 1.165) is 10.2 Å². The lowest BCUT2D eigenvalue weighted by Crippen LogP contribution is -1.96. The lowest BCUT2D eigenvalue weighted by atomic mass is 10.2. The summed E-state index contributed by atoms with van der Waals surface area (Å²) in [4.78, 5) is 7.95. The van der Waals surface area contributed by atoms with Crippen LogP contribution in [0.4, 0.5) is 11.5 Å². The lowest BCUT2D eigenvalue weighted by Gasteiger charge is -2.07. The zero-order valence-corrected chi connectivity index (χ0v) is 10.9. The SMILES string of the molecule is Cc1ccc(Nc2nc(Cl)ncc2Br)cc1. The van der Waals surface area contributed by atoms with Crippen molar-refractivity contribution in [2.24, 2.45) is 0 Å². The molecule has 0 atom stereocenters. The number of aryl methyl sites for hydroxylation is 1. The van der Waals surface area contributed by atoms with Crippen LogP contribution in [0, 0.1) is 6.92 Å². The average molecular weight is 299 g/mol. The van der Waals surface area contributed by atoms with Crippen molar-refractivity contribution < 1.29 is 0 Å². The Balaban J connectivity index is 2.26. The number of halogens is 2. The summed E-state index contributed by atoms with van der Waals surface area (Å²) in [5.74, 6) is 0.656. The largest absolute Gasteiger partial charge is 0.339 e. The third-order valence-electron chi connectivity index (χ3n) is 2.03. The predicted molar refractivity (Wildman–Crippen MR) is 69.2 cm³/mol. The second-order valence-corrected chi connectivity index (χ2v) is 4.52. The van der Waals surface area contributed by atoms with Gasteiger partial charge in [0.05, 0.1) is 4.47 Å². The van der Waals surface area contributed by atoms with Crippen molar-refractivity contribution in [1.29, 1.82) is 0 Å². The normalized spacial score (nSPS) is 10.2. The fraction of sp³-hybridized carbons (Fsp3) is 0.0909. The molecule has 0 aliphatic rings. The maximum absolute atomic E-state index is 5.73. The summed E-state index contributed by atoms with van der Waals surface area (Å²) >= 11 is 9.08. The molecule has 1 aromatic carbocycles. The Labute approximate surface area is 107 Å². The number of hydrogen-bond acceptors (Lipinski definition) is 3. The number of nitrogens with zero attached hydrogens (tertiary/aromatic N) is 2. The van der Waals surface area contributed by atoms with Gasteiger partial charge in [0.25, 0.3) is 0 Å². The molecule has 0 saturated carbocycles. The van der Waals surface area contributed by atoms with Crippen LogP contribution in [-0.4, -0.2) is 9.97 Å². The molecule has 5 heteroatoms. The molecule has 2 rings (SSSR count). The van der Waals surface area contributed by atoms with Crippen LogP contribution in [0.3, 0.4) is 0 Å². The molecular weight excluding hydrogens is 289 g/mol. The van der Waals surface area contributed by atoms with E-state index >= 15 is 0 Å². The number of anilines is 2. The first-order chi connectivity index (χ1) is 7.65. The second kappa shape index (κ2) is 4.80. The minimum absolute atomic E-state index is 0.220. The van der Waals surface area contributed by atoms with Crippen LogP contribution in [0.15, 0.2) is 34.9 Å². The van der Waals surface area contributed by atoms with E-state index in [2.05, 4.69) is 31.2 Å². The molecule has 0 bridgehead atoms. The molecule has 1 aromatic heterocycles. The average Bonchev–Trinajstić information content (AvgIpc) is 2.27. The highest BCUT2D eigenvalue weighted by Gasteiger charge is 2.03. The Morgan fingerprint density at radius 1 is 1.25 bits per heavy atom. The van der Waals surface area contributed by atoms with Crippen LogP contribution in [0.5, 0.6) is 0 Å². The van der Waals surface area contributed by atoms with Crippen molar-refractivity contribution in [1.82, 2.24) is 9.97 Å². The van der Waals surface area contributed by atoms with E-state index in [9.17, 15) is 0 Å². The van der Waals surface area contributed by atoms with Crippen LogP contribution < -0.4 is 5.32 Å². The summed E-state index contributed by atoms with van der Waals surface area (Å²) in [7, 11) is 0. The van der Waals surface area contributed by atoms with Gasteiger partial charge in [-0.2, -0.15) is 4.98 Å². The predicted octanol–water partition coefficient (Wildman–Crippen LogP) is 3.94. The van der Waals surface area contributed by atoms with E-state index in [1.54, 1.807) is 6.20 Å². The summed E-state index contributed by atoms with van der Waals surface area (Å²) in [6.07, 6.45) is 1.62. The third kappa shape index (κ3) is 2.71. The maximum Gasteiger partial charge on any atom is 0.224 e. The molecule has 2 aromatic rings. The fourth-order valence-corrected chi connectivity index (χ4v) is 1.63. The first-order valence-corrected chi connectivity index (χ1v) is 5.84. The van der Waals surface area contributed by atoms with E-state index in [1.807, 2.05) is 31.2 Å². The summed E-state index contributed by atoms with van der Waals surface area (Å²) in [5, 5.41) is 3.38. The van der Waals surface area contributed by atoms with Crippen LogP contribution in [0.1, 0.15) is 5.56 Å². The number of hydrogen-bond donors (Lipinski definition) is 1. The molecule has 0 fully saturated rings. The standard InChI is InChI=1S/C11H9BrClN3/c1-7-2-4-8(5-3-7)15-10-9(12)6-14-11(13)16-10/h2-6H,1H3,(H,14,15,16). The molecule has 3 nitrogen and oxygen atoms in total. The van der Waals surface area contributed by atoms with Gasteiger partial charge in [-0.25, -0.2) is 4.98 Å². The van der Waals surface area contributed by atoms with Gasteiger partial charge in [-0.3, -0.25) is 0 Å². The van der Waals surface area contributed by atoms with Gasteiger partial charge >= 0.3 is 0 Å². The first kappa shape index (κ1) is 11.4. The molecule has 0 radical (unpaired) electrons. The third-order valence-corrected chi connectivity index (χ3v) is 2.79. The minimum Gasteiger partial charge on any atom is -0.339 e. The Morgan fingerprint density at radius 2 is 1.94 bits per heavy atom. The zero-order valence-electron chi connectivity index (χ0n) is 8.54. The molecule has 0 aliphatic carbocycles. The van der Waals surface area contributed by atoms with Crippen molar-refractivity contribution in [2.45, 2.75) is 6.92 Å². The topological polar surface area (TPSA) is 37.8 Å². The van der Waals surface area contributed by atoms with Crippen molar-refractivity contribution in [3.8, 4) is 0 Å². The van der Waals surface area contributed by atoms with Gasteiger partial charge in [0.2, 0.25) is 5.28 Å². The molecule has 0 amide bonds. The van der Waals surface area contributed by atoms with E-state index in [-0.39, 0.29) is 5.28 Å². The van der Waals surface area contributed by atoms with Gasteiger partial charge in [0.1, 0.15) is 5.82 Å². The monoisotopic (exact) mass is 297 g/mol. The maximum atomic E-state index is 5.73.